The van der Waals surface area contributed by atoms with Crippen LogP contribution in [0.4, 0.5) is 0 Å². The van der Waals surface area contributed by atoms with Crippen LogP contribution in [0.3, 0.4) is 0 Å². The number of carbonyl (C=O) groups excluding carboxylic acids is 1. The van der Waals surface area contributed by atoms with Gasteiger partial charge in [0.05, 0.1) is 11.9 Å². The Morgan fingerprint density at radius 3 is 3.13 bits per heavy atom. The minimum absolute atomic E-state index is 0.172. The molecule has 1 aliphatic heterocycles. The normalized spacial score (nSPS) is 16.6. The molecule has 1 amide bonds. The molecular weight excluding hydrogens is 412 g/mol. The van der Waals surface area contributed by atoms with E-state index in [-0.39, 0.29) is 5.91 Å². The number of aromatic amines is 1. The number of hydrogen-bond donors (Lipinski definition) is 1. The number of amides is 1. The van der Waals surface area contributed by atoms with Gasteiger partial charge in [-0.2, -0.15) is 4.98 Å². The number of hydrogen-bond acceptors (Lipinski definition) is 7. The zero-order valence-corrected chi connectivity index (χ0v) is 17.7. The van der Waals surface area contributed by atoms with Crippen molar-refractivity contribution in [3.63, 3.8) is 0 Å². The number of likely N-dealkylation sites (tertiary alicyclic amines) is 1. The Morgan fingerprint density at radius 2 is 2.23 bits per heavy atom. The Kier molecular flexibility index (Phi) is 5.66. The van der Waals surface area contributed by atoms with E-state index in [0.717, 1.165) is 41.7 Å². The van der Waals surface area contributed by atoms with Crippen LogP contribution < -0.4 is 0 Å². The summed E-state index contributed by atoms with van der Waals surface area (Å²) >= 11 is 1.59. The molecule has 1 N–H and O–H groups in total. The van der Waals surface area contributed by atoms with E-state index in [1.165, 1.54) is 0 Å². The number of para-hydroxylation sites is 1. The Bertz CT molecular complexity index is 1170. The molecule has 158 valence electrons. The molecular formula is C22H22N6O2S. The molecule has 0 radical (unpaired) electrons. The van der Waals surface area contributed by atoms with Gasteiger partial charge in [0.2, 0.25) is 17.6 Å². The summed E-state index contributed by atoms with van der Waals surface area (Å²) in [6.45, 7) is 1.52. The standard InChI is InChI=1S/C22H22N6O2S/c29-21(14-31-19-12-25-17-6-2-1-5-16(17)19)28-9-3-4-15(13-28)10-20-26-22(27-30-20)18-11-23-7-8-24-18/h1-2,5-8,11-12,15,25H,3-4,9-10,13-14H2. The zero-order chi connectivity index (χ0) is 21.0. The molecule has 1 aliphatic rings. The smallest absolute Gasteiger partial charge is 0.232 e. The number of benzene rings is 1. The summed E-state index contributed by atoms with van der Waals surface area (Å²) in [7, 11) is 0. The van der Waals surface area contributed by atoms with E-state index in [1.54, 1.807) is 30.4 Å². The summed E-state index contributed by atoms with van der Waals surface area (Å²) < 4.78 is 5.41. The van der Waals surface area contributed by atoms with Crippen molar-refractivity contribution >= 4 is 28.6 Å². The second-order valence-electron chi connectivity index (χ2n) is 7.64. The van der Waals surface area contributed by atoms with Gasteiger partial charge in [-0.25, -0.2) is 4.98 Å². The number of carbonyl (C=O) groups is 1. The molecule has 3 aromatic heterocycles. The minimum atomic E-state index is 0.172. The largest absolute Gasteiger partial charge is 0.360 e. The number of nitrogens with one attached hydrogen (secondary N) is 1. The molecule has 1 atom stereocenters. The van der Waals surface area contributed by atoms with Crippen LogP contribution in [0.1, 0.15) is 18.7 Å². The fourth-order valence-electron chi connectivity index (χ4n) is 3.96. The van der Waals surface area contributed by atoms with Crippen LogP contribution in [-0.2, 0) is 11.2 Å². The second-order valence-corrected chi connectivity index (χ2v) is 8.66. The summed E-state index contributed by atoms with van der Waals surface area (Å²) in [6, 6.07) is 8.15. The molecule has 1 fully saturated rings. The van der Waals surface area contributed by atoms with Crippen molar-refractivity contribution in [3.8, 4) is 11.5 Å². The Morgan fingerprint density at radius 1 is 1.29 bits per heavy atom. The lowest BCUT2D eigenvalue weighted by atomic mass is 9.95. The maximum absolute atomic E-state index is 12.8. The lowest BCUT2D eigenvalue weighted by Crippen LogP contribution is -2.41. The van der Waals surface area contributed by atoms with E-state index in [9.17, 15) is 4.79 Å². The van der Waals surface area contributed by atoms with E-state index in [2.05, 4.69) is 31.2 Å². The Balaban J connectivity index is 1.17. The van der Waals surface area contributed by atoms with Crippen molar-refractivity contribution in [2.45, 2.75) is 24.2 Å². The van der Waals surface area contributed by atoms with Gasteiger partial charge in [0.25, 0.3) is 0 Å². The quantitative estimate of drug-likeness (QED) is 0.463. The number of rotatable bonds is 6. The number of aromatic nitrogens is 5. The van der Waals surface area contributed by atoms with Gasteiger partial charge in [0.1, 0.15) is 5.69 Å². The Labute approximate surface area is 183 Å². The van der Waals surface area contributed by atoms with Crippen LogP contribution in [0.25, 0.3) is 22.4 Å². The predicted molar refractivity (Wildman–Crippen MR) is 117 cm³/mol. The van der Waals surface area contributed by atoms with Crippen molar-refractivity contribution < 1.29 is 9.32 Å². The van der Waals surface area contributed by atoms with Gasteiger partial charge in [-0.05, 0) is 24.8 Å². The number of nitrogens with zero attached hydrogens (tertiary/aromatic N) is 5. The van der Waals surface area contributed by atoms with Gasteiger partial charge in [-0.15, -0.1) is 11.8 Å². The summed E-state index contributed by atoms with van der Waals surface area (Å²) in [5, 5.41) is 5.17. The first-order valence-corrected chi connectivity index (χ1v) is 11.3. The van der Waals surface area contributed by atoms with Crippen molar-refractivity contribution in [1.29, 1.82) is 0 Å². The molecule has 4 heterocycles. The van der Waals surface area contributed by atoms with Gasteiger partial charge >= 0.3 is 0 Å². The maximum atomic E-state index is 12.8. The first-order chi connectivity index (χ1) is 15.3. The predicted octanol–water partition coefficient (Wildman–Crippen LogP) is 3.58. The van der Waals surface area contributed by atoms with E-state index < -0.39 is 0 Å². The van der Waals surface area contributed by atoms with Crippen molar-refractivity contribution in [2.75, 3.05) is 18.8 Å². The van der Waals surface area contributed by atoms with Crippen LogP contribution >= 0.6 is 11.8 Å². The van der Waals surface area contributed by atoms with Crippen LogP contribution in [0.15, 0.2) is 58.5 Å². The molecule has 9 heteroatoms. The molecule has 0 saturated carbocycles. The second kappa shape index (κ2) is 8.89. The molecule has 1 saturated heterocycles. The number of fused-ring (bicyclic) bond motifs is 1. The van der Waals surface area contributed by atoms with Crippen molar-refractivity contribution in [3.05, 3.63) is 54.9 Å². The number of thioether (sulfide) groups is 1. The third-order valence-electron chi connectivity index (χ3n) is 5.50. The lowest BCUT2D eigenvalue weighted by molar-refractivity contribution is -0.130. The molecule has 1 unspecified atom stereocenters. The van der Waals surface area contributed by atoms with E-state index >= 15 is 0 Å². The fraction of sp³-hybridized carbons (Fsp3) is 0.318. The minimum Gasteiger partial charge on any atom is -0.360 e. The van der Waals surface area contributed by atoms with Gasteiger partial charge in [0, 0.05) is 53.9 Å². The topological polar surface area (TPSA) is 101 Å². The third-order valence-corrected chi connectivity index (χ3v) is 6.54. The van der Waals surface area contributed by atoms with Gasteiger partial charge in [0.15, 0.2) is 0 Å². The molecule has 0 bridgehead atoms. The average molecular weight is 435 g/mol. The highest BCUT2D eigenvalue weighted by atomic mass is 32.2. The van der Waals surface area contributed by atoms with Gasteiger partial charge in [-0.3, -0.25) is 9.78 Å². The SMILES string of the molecule is O=C(CSc1c[nH]c2ccccc12)N1CCCC(Cc2nc(-c3cnccn3)no2)C1. The molecule has 31 heavy (non-hydrogen) atoms. The van der Waals surface area contributed by atoms with Crippen LogP contribution in [0.2, 0.25) is 0 Å². The molecule has 5 rings (SSSR count). The van der Waals surface area contributed by atoms with Gasteiger partial charge < -0.3 is 14.4 Å². The average Bonchev–Trinajstić information content (AvgIpc) is 3.45. The first-order valence-electron chi connectivity index (χ1n) is 10.3. The third kappa shape index (κ3) is 4.46. The highest BCUT2D eigenvalue weighted by molar-refractivity contribution is 8.00. The summed E-state index contributed by atoms with van der Waals surface area (Å²) in [5.74, 6) is 1.94. The first kappa shape index (κ1) is 19.7. The van der Waals surface area contributed by atoms with Crippen LogP contribution in [0, 0.1) is 5.92 Å². The highest BCUT2D eigenvalue weighted by Crippen LogP contribution is 2.28. The van der Waals surface area contributed by atoms with Crippen LogP contribution in [0.5, 0.6) is 0 Å². The highest BCUT2D eigenvalue weighted by Gasteiger charge is 2.26. The number of H-pyrrole nitrogens is 1. The van der Waals surface area contributed by atoms with E-state index in [1.807, 2.05) is 29.3 Å². The summed E-state index contributed by atoms with van der Waals surface area (Å²) in [4.78, 5) is 31.9. The van der Waals surface area contributed by atoms with E-state index in [0.29, 0.717) is 35.5 Å². The fourth-order valence-corrected chi connectivity index (χ4v) is 4.89. The molecule has 4 aromatic rings. The van der Waals surface area contributed by atoms with Crippen molar-refractivity contribution in [1.82, 2.24) is 30.0 Å². The monoisotopic (exact) mass is 434 g/mol. The number of piperidine rings is 1. The van der Waals surface area contributed by atoms with Gasteiger partial charge in [-0.1, -0.05) is 23.4 Å². The Hall–Kier alpha value is -3.20. The van der Waals surface area contributed by atoms with E-state index in [4.69, 9.17) is 4.52 Å². The van der Waals surface area contributed by atoms with Crippen molar-refractivity contribution in [2.24, 2.45) is 5.92 Å². The zero-order valence-electron chi connectivity index (χ0n) is 16.9. The molecule has 0 spiro atoms. The summed E-state index contributed by atoms with van der Waals surface area (Å²) in [6.07, 6.45) is 9.49. The maximum Gasteiger partial charge on any atom is 0.232 e. The molecule has 0 aliphatic carbocycles. The lowest BCUT2D eigenvalue weighted by Gasteiger charge is -2.32. The molecule has 8 nitrogen and oxygen atoms in total. The summed E-state index contributed by atoms with van der Waals surface area (Å²) in [5.41, 5.74) is 1.68. The van der Waals surface area contributed by atoms with Crippen LogP contribution in [-0.4, -0.2) is 54.7 Å². The molecule has 1 aromatic carbocycles.